The van der Waals surface area contributed by atoms with Gasteiger partial charge in [0.05, 0.1) is 31.4 Å². The average molecular weight is 389 g/mol. The van der Waals surface area contributed by atoms with Crippen LogP contribution in [0.15, 0.2) is 24.3 Å². The van der Waals surface area contributed by atoms with Crippen molar-refractivity contribution < 1.29 is 23.9 Å². The molecule has 0 aromatic heterocycles. The fourth-order valence-corrected chi connectivity index (χ4v) is 3.51. The van der Waals surface area contributed by atoms with E-state index >= 15 is 0 Å². The second-order valence-electron chi connectivity index (χ2n) is 6.85. The number of imide groups is 1. The maximum absolute atomic E-state index is 12.9. The molecule has 8 heteroatoms. The number of rotatable bonds is 6. The predicted octanol–water partition coefficient (Wildman–Crippen LogP) is 1.88. The van der Waals surface area contributed by atoms with Gasteiger partial charge in [-0.25, -0.2) is 9.69 Å². The molecule has 0 spiro atoms. The van der Waals surface area contributed by atoms with E-state index in [0.717, 1.165) is 12.2 Å². The quantitative estimate of drug-likeness (QED) is 0.691. The molecule has 2 aliphatic heterocycles. The second-order valence-corrected chi connectivity index (χ2v) is 6.85. The summed E-state index contributed by atoms with van der Waals surface area (Å²) in [4.78, 5) is 42.1. The number of nitrogens with zero attached hydrogens (tertiary/aromatic N) is 3. The highest BCUT2D eigenvalue weighted by Gasteiger charge is 2.43. The Morgan fingerprint density at radius 2 is 1.75 bits per heavy atom. The van der Waals surface area contributed by atoms with Crippen molar-refractivity contribution in [2.24, 2.45) is 0 Å². The Bertz CT molecular complexity index is 713. The lowest BCUT2D eigenvalue weighted by Gasteiger charge is -2.36. The molecule has 0 radical (unpaired) electrons. The Morgan fingerprint density at radius 3 is 2.36 bits per heavy atom. The smallest absolute Gasteiger partial charge is 0.409 e. The van der Waals surface area contributed by atoms with Crippen LogP contribution in [0.4, 0.5) is 10.5 Å². The van der Waals surface area contributed by atoms with Crippen LogP contribution in [-0.4, -0.2) is 73.1 Å². The number of piperazine rings is 1. The predicted molar refractivity (Wildman–Crippen MR) is 103 cm³/mol. The molecule has 0 unspecified atom stereocenters. The fourth-order valence-electron chi connectivity index (χ4n) is 3.51. The van der Waals surface area contributed by atoms with E-state index in [0.29, 0.717) is 45.1 Å². The van der Waals surface area contributed by atoms with E-state index in [9.17, 15) is 14.4 Å². The van der Waals surface area contributed by atoms with Crippen molar-refractivity contribution in [3.05, 3.63) is 24.3 Å². The van der Waals surface area contributed by atoms with Gasteiger partial charge in [0.2, 0.25) is 5.91 Å². The van der Waals surface area contributed by atoms with Gasteiger partial charge in [-0.1, -0.05) is 6.92 Å². The zero-order valence-electron chi connectivity index (χ0n) is 16.4. The first kappa shape index (κ1) is 20.1. The second kappa shape index (κ2) is 9.05. The van der Waals surface area contributed by atoms with Crippen LogP contribution in [0.25, 0.3) is 0 Å². The van der Waals surface area contributed by atoms with Crippen molar-refractivity contribution in [2.45, 2.75) is 32.7 Å². The molecule has 1 atom stereocenters. The van der Waals surface area contributed by atoms with Crippen LogP contribution in [0.5, 0.6) is 5.75 Å². The summed E-state index contributed by atoms with van der Waals surface area (Å²) in [5.74, 6) is 0.304. The first-order valence-electron chi connectivity index (χ1n) is 9.80. The molecular weight excluding hydrogens is 362 g/mol. The summed E-state index contributed by atoms with van der Waals surface area (Å²) in [7, 11) is 0. The van der Waals surface area contributed by atoms with E-state index in [1.165, 1.54) is 4.90 Å². The molecule has 2 saturated heterocycles. The standard InChI is InChI=1S/C20H27N3O5/c1-3-13-28-16-7-5-15(6-8-16)23-18(24)14-17(19(23)25)21-9-11-22(12-10-21)20(26)27-4-2/h5-8,17H,3-4,9-14H2,1-2H3/t17-/m0/s1. The van der Waals surface area contributed by atoms with E-state index in [2.05, 4.69) is 0 Å². The molecule has 1 aromatic rings. The molecule has 0 bridgehead atoms. The van der Waals surface area contributed by atoms with Crippen molar-refractivity contribution in [1.82, 2.24) is 9.80 Å². The Hall–Kier alpha value is -2.61. The molecular formula is C20H27N3O5. The van der Waals surface area contributed by atoms with Crippen LogP contribution in [0.1, 0.15) is 26.7 Å². The summed E-state index contributed by atoms with van der Waals surface area (Å²) in [5, 5.41) is 0. The van der Waals surface area contributed by atoms with Gasteiger partial charge in [-0.05, 0) is 37.6 Å². The van der Waals surface area contributed by atoms with Crippen LogP contribution in [0, 0.1) is 0 Å². The number of anilines is 1. The zero-order chi connectivity index (χ0) is 20.1. The minimum atomic E-state index is -0.479. The zero-order valence-corrected chi connectivity index (χ0v) is 16.4. The first-order valence-corrected chi connectivity index (χ1v) is 9.80. The largest absolute Gasteiger partial charge is 0.494 e. The van der Waals surface area contributed by atoms with Gasteiger partial charge in [0.25, 0.3) is 5.91 Å². The highest BCUT2D eigenvalue weighted by Crippen LogP contribution is 2.28. The third-order valence-corrected chi connectivity index (χ3v) is 4.97. The lowest BCUT2D eigenvalue weighted by molar-refractivity contribution is -0.123. The number of benzene rings is 1. The molecule has 152 valence electrons. The number of hydrogen-bond donors (Lipinski definition) is 0. The number of amides is 3. The van der Waals surface area contributed by atoms with Crippen molar-refractivity contribution >= 4 is 23.6 Å². The number of ether oxygens (including phenoxy) is 2. The summed E-state index contributed by atoms with van der Waals surface area (Å²) in [6.07, 6.45) is 0.741. The van der Waals surface area contributed by atoms with Gasteiger partial charge in [-0.15, -0.1) is 0 Å². The van der Waals surface area contributed by atoms with Crippen LogP contribution in [-0.2, 0) is 14.3 Å². The lowest BCUT2D eigenvalue weighted by Crippen LogP contribution is -2.54. The highest BCUT2D eigenvalue weighted by molar-refractivity contribution is 6.22. The molecule has 2 aliphatic rings. The molecule has 8 nitrogen and oxygen atoms in total. The van der Waals surface area contributed by atoms with Crippen LogP contribution in [0.2, 0.25) is 0 Å². The van der Waals surface area contributed by atoms with Gasteiger partial charge in [0.1, 0.15) is 5.75 Å². The number of carbonyl (C=O) groups is 3. The van der Waals surface area contributed by atoms with Crippen LogP contribution >= 0.6 is 0 Å². The van der Waals surface area contributed by atoms with E-state index in [4.69, 9.17) is 9.47 Å². The Kier molecular flexibility index (Phi) is 6.51. The molecule has 0 aliphatic carbocycles. The Labute approximate surface area is 165 Å². The SMILES string of the molecule is CCCOc1ccc(N2C(=O)C[C@H](N3CCN(C(=O)OCC)CC3)C2=O)cc1. The van der Waals surface area contributed by atoms with Gasteiger partial charge in [0, 0.05) is 26.2 Å². The van der Waals surface area contributed by atoms with E-state index in [1.54, 1.807) is 36.1 Å². The maximum atomic E-state index is 12.9. The minimum Gasteiger partial charge on any atom is -0.494 e. The normalized spacial score (nSPS) is 20.6. The van der Waals surface area contributed by atoms with Crippen molar-refractivity contribution in [1.29, 1.82) is 0 Å². The summed E-state index contributed by atoms with van der Waals surface area (Å²) in [5.41, 5.74) is 0.562. The van der Waals surface area contributed by atoms with Crippen molar-refractivity contribution in [2.75, 3.05) is 44.3 Å². The monoisotopic (exact) mass is 389 g/mol. The Morgan fingerprint density at radius 1 is 1.07 bits per heavy atom. The fraction of sp³-hybridized carbons (Fsp3) is 0.550. The maximum Gasteiger partial charge on any atom is 0.409 e. The third-order valence-electron chi connectivity index (χ3n) is 4.97. The van der Waals surface area contributed by atoms with Gasteiger partial charge < -0.3 is 14.4 Å². The lowest BCUT2D eigenvalue weighted by atomic mass is 10.2. The topological polar surface area (TPSA) is 79.4 Å². The van der Waals surface area contributed by atoms with Gasteiger partial charge >= 0.3 is 6.09 Å². The van der Waals surface area contributed by atoms with E-state index in [1.807, 2.05) is 11.8 Å². The highest BCUT2D eigenvalue weighted by atomic mass is 16.6. The molecule has 0 saturated carbocycles. The van der Waals surface area contributed by atoms with Gasteiger partial charge in [-0.2, -0.15) is 0 Å². The molecule has 3 rings (SSSR count). The van der Waals surface area contributed by atoms with Gasteiger partial charge in [-0.3, -0.25) is 14.5 Å². The summed E-state index contributed by atoms with van der Waals surface area (Å²) in [6, 6.07) is 6.55. The first-order chi connectivity index (χ1) is 13.5. The van der Waals surface area contributed by atoms with Crippen molar-refractivity contribution in [3.63, 3.8) is 0 Å². The number of carbonyl (C=O) groups excluding carboxylic acids is 3. The van der Waals surface area contributed by atoms with E-state index in [-0.39, 0.29) is 24.3 Å². The van der Waals surface area contributed by atoms with Crippen LogP contribution in [0.3, 0.4) is 0 Å². The summed E-state index contributed by atoms with van der Waals surface area (Å²) >= 11 is 0. The molecule has 2 heterocycles. The van der Waals surface area contributed by atoms with Crippen molar-refractivity contribution in [3.8, 4) is 5.75 Å². The number of hydrogen-bond acceptors (Lipinski definition) is 6. The molecule has 3 amide bonds. The summed E-state index contributed by atoms with van der Waals surface area (Å²) in [6.45, 7) is 6.82. The molecule has 1 aromatic carbocycles. The average Bonchev–Trinajstić information content (AvgIpc) is 3.01. The summed E-state index contributed by atoms with van der Waals surface area (Å²) < 4.78 is 10.6. The van der Waals surface area contributed by atoms with E-state index < -0.39 is 6.04 Å². The molecule has 28 heavy (non-hydrogen) atoms. The Balaban J connectivity index is 1.62. The minimum absolute atomic E-state index is 0.159. The van der Waals surface area contributed by atoms with Crippen LogP contribution < -0.4 is 9.64 Å². The molecule has 0 N–H and O–H groups in total. The molecule has 2 fully saturated rings. The van der Waals surface area contributed by atoms with Gasteiger partial charge in [0.15, 0.2) is 0 Å². The third kappa shape index (κ3) is 4.27.